The van der Waals surface area contributed by atoms with Gasteiger partial charge in [-0.3, -0.25) is 4.79 Å². The van der Waals surface area contributed by atoms with E-state index >= 15 is 0 Å². The van der Waals surface area contributed by atoms with Gasteiger partial charge in [0.05, 0.1) is 17.0 Å². The molecule has 0 amide bonds. The van der Waals surface area contributed by atoms with Gasteiger partial charge in [0.25, 0.3) is 0 Å². The summed E-state index contributed by atoms with van der Waals surface area (Å²) >= 11 is 0. The number of rotatable bonds is 5. The van der Waals surface area contributed by atoms with E-state index in [1.807, 2.05) is 32.0 Å². The first kappa shape index (κ1) is 18.8. The molecule has 27 heavy (non-hydrogen) atoms. The largest absolute Gasteiger partial charge is 0.425 e. The lowest BCUT2D eigenvalue weighted by molar-refractivity contribution is -0.133. The maximum atomic E-state index is 11.7. The van der Waals surface area contributed by atoms with Crippen LogP contribution in [-0.4, -0.2) is 5.97 Å². The molecule has 3 rings (SSSR count). The standard InChI is InChI=1S/C23H20NO2S/c1-17-15-21(16-18(2)23(17)26-22(25)13-14-24)27(19-9-5-3-6-10-19)20-11-7-4-8-12-20/h3-12,15-16H,13H2,1-2H3/q+1. The second-order valence-corrected chi connectivity index (χ2v) is 8.15. The summed E-state index contributed by atoms with van der Waals surface area (Å²) in [5.41, 5.74) is 1.78. The molecule has 0 atom stereocenters. The van der Waals surface area contributed by atoms with Crippen LogP contribution in [0.1, 0.15) is 17.5 Å². The molecule has 3 aromatic carbocycles. The highest BCUT2D eigenvalue weighted by molar-refractivity contribution is 7.97. The van der Waals surface area contributed by atoms with Crippen molar-refractivity contribution in [3.05, 3.63) is 83.9 Å². The molecule has 0 bridgehead atoms. The molecule has 0 saturated heterocycles. The molecule has 0 unspecified atom stereocenters. The molecule has 0 radical (unpaired) electrons. The Morgan fingerprint density at radius 1 is 0.889 bits per heavy atom. The van der Waals surface area contributed by atoms with Crippen molar-refractivity contribution in [2.75, 3.05) is 0 Å². The molecule has 0 N–H and O–H groups in total. The fourth-order valence-electron chi connectivity index (χ4n) is 2.93. The molecule has 0 aromatic heterocycles. The highest BCUT2D eigenvalue weighted by Gasteiger charge is 2.29. The summed E-state index contributed by atoms with van der Waals surface area (Å²) in [4.78, 5) is 15.4. The molecule has 134 valence electrons. The molecule has 0 saturated carbocycles. The highest BCUT2D eigenvalue weighted by atomic mass is 32.2. The van der Waals surface area contributed by atoms with E-state index in [0.717, 1.165) is 11.1 Å². The highest BCUT2D eigenvalue weighted by Crippen LogP contribution is 2.35. The zero-order valence-corrected chi connectivity index (χ0v) is 16.1. The lowest BCUT2D eigenvalue weighted by Gasteiger charge is -2.13. The molecular formula is C23H20NO2S+. The smallest absolute Gasteiger partial charge is 0.325 e. The number of ether oxygens (including phenoxy) is 1. The zero-order valence-electron chi connectivity index (χ0n) is 15.3. The summed E-state index contributed by atoms with van der Waals surface area (Å²) in [7, 11) is -0.252. The number of hydrogen-bond acceptors (Lipinski definition) is 3. The first-order valence-electron chi connectivity index (χ1n) is 8.63. The molecule has 4 heteroatoms. The third-order valence-corrected chi connectivity index (χ3v) is 6.26. The second-order valence-electron chi connectivity index (χ2n) is 6.13. The normalized spacial score (nSPS) is 10.4. The van der Waals surface area contributed by atoms with Crippen LogP contribution in [0.5, 0.6) is 5.75 Å². The summed E-state index contributed by atoms with van der Waals surface area (Å²) in [5.74, 6) is 0.0187. The van der Waals surface area contributed by atoms with Crippen LogP contribution in [0, 0.1) is 25.2 Å². The van der Waals surface area contributed by atoms with E-state index in [0.29, 0.717) is 5.75 Å². The lowest BCUT2D eigenvalue weighted by Crippen LogP contribution is -2.10. The first-order chi connectivity index (χ1) is 13.1. The minimum Gasteiger partial charge on any atom is -0.425 e. The van der Waals surface area contributed by atoms with Crippen LogP contribution >= 0.6 is 0 Å². The van der Waals surface area contributed by atoms with Gasteiger partial charge in [0.1, 0.15) is 12.2 Å². The minimum atomic E-state index is -0.526. The maximum Gasteiger partial charge on any atom is 0.325 e. The van der Waals surface area contributed by atoms with Crippen molar-refractivity contribution >= 4 is 16.9 Å². The van der Waals surface area contributed by atoms with Gasteiger partial charge in [-0.15, -0.1) is 0 Å². The Morgan fingerprint density at radius 2 is 1.37 bits per heavy atom. The van der Waals surface area contributed by atoms with Crippen LogP contribution in [-0.2, 0) is 15.7 Å². The van der Waals surface area contributed by atoms with Gasteiger partial charge in [-0.1, -0.05) is 36.4 Å². The number of carbonyl (C=O) groups is 1. The van der Waals surface area contributed by atoms with Gasteiger partial charge in [0, 0.05) is 12.1 Å². The van der Waals surface area contributed by atoms with Crippen molar-refractivity contribution in [3.63, 3.8) is 0 Å². The van der Waals surface area contributed by atoms with Gasteiger partial charge in [0.2, 0.25) is 0 Å². The van der Waals surface area contributed by atoms with Gasteiger partial charge in [-0.05, 0) is 49.2 Å². The second kappa shape index (κ2) is 8.57. The van der Waals surface area contributed by atoms with Crippen molar-refractivity contribution < 1.29 is 9.53 Å². The summed E-state index contributed by atoms with van der Waals surface area (Å²) in [6, 6.07) is 26.8. The molecule has 0 aliphatic rings. The van der Waals surface area contributed by atoms with E-state index in [4.69, 9.17) is 10.00 Å². The Morgan fingerprint density at radius 3 is 1.81 bits per heavy atom. The average molecular weight is 374 g/mol. The van der Waals surface area contributed by atoms with E-state index in [1.54, 1.807) is 0 Å². The fourth-order valence-corrected chi connectivity index (χ4v) is 5.19. The molecule has 0 spiro atoms. The predicted molar refractivity (Wildman–Crippen MR) is 107 cm³/mol. The molecule has 3 aromatic rings. The van der Waals surface area contributed by atoms with Crippen LogP contribution in [0.2, 0.25) is 0 Å². The van der Waals surface area contributed by atoms with Gasteiger partial charge in [-0.2, -0.15) is 5.26 Å². The summed E-state index contributed by atoms with van der Waals surface area (Å²) in [5, 5.41) is 8.67. The van der Waals surface area contributed by atoms with E-state index in [2.05, 4.69) is 60.7 Å². The number of benzene rings is 3. The third kappa shape index (κ3) is 4.39. The van der Waals surface area contributed by atoms with Crippen LogP contribution in [0.3, 0.4) is 0 Å². The Hall–Kier alpha value is -3.03. The van der Waals surface area contributed by atoms with Gasteiger partial charge in [0.15, 0.2) is 14.7 Å². The Bertz CT molecular complexity index is 916. The number of nitrogens with zero attached hydrogens (tertiary/aromatic N) is 1. The number of esters is 1. The van der Waals surface area contributed by atoms with Crippen molar-refractivity contribution in [2.24, 2.45) is 0 Å². The number of carbonyl (C=O) groups excluding carboxylic acids is 1. The first-order valence-corrected chi connectivity index (χ1v) is 9.86. The minimum absolute atomic E-state index is 0.251. The number of nitriles is 1. The van der Waals surface area contributed by atoms with Gasteiger partial charge in [-0.25, -0.2) is 0 Å². The lowest BCUT2D eigenvalue weighted by atomic mass is 10.1. The zero-order chi connectivity index (χ0) is 19.2. The van der Waals surface area contributed by atoms with E-state index in [1.165, 1.54) is 14.7 Å². The Balaban J connectivity index is 2.06. The van der Waals surface area contributed by atoms with Crippen molar-refractivity contribution in [2.45, 2.75) is 35.0 Å². The molecule has 0 fully saturated rings. The Kier molecular flexibility index (Phi) is 5.95. The summed E-state index contributed by atoms with van der Waals surface area (Å²) < 4.78 is 5.40. The molecule has 0 aliphatic heterocycles. The van der Waals surface area contributed by atoms with Crippen LogP contribution in [0.25, 0.3) is 0 Å². The quantitative estimate of drug-likeness (QED) is 0.350. The van der Waals surface area contributed by atoms with Crippen molar-refractivity contribution in [3.8, 4) is 11.8 Å². The number of hydrogen-bond donors (Lipinski definition) is 0. The SMILES string of the molecule is Cc1cc([S+](c2ccccc2)c2ccccc2)cc(C)c1OC(=O)CC#N. The van der Waals surface area contributed by atoms with Crippen LogP contribution in [0.15, 0.2) is 87.5 Å². The van der Waals surface area contributed by atoms with E-state index < -0.39 is 5.97 Å². The fraction of sp³-hybridized carbons (Fsp3) is 0.130. The maximum absolute atomic E-state index is 11.7. The van der Waals surface area contributed by atoms with Gasteiger partial charge >= 0.3 is 5.97 Å². The monoisotopic (exact) mass is 374 g/mol. The molecular weight excluding hydrogens is 354 g/mol. The molecule has 3 nitrogen and oxygen atoms in total. The average Bonchev–Trinajstić information content (AvgIpc) is 2.67. The van der Waals surface area contributed by atoms with E-state index in [-0.39, 0.29) is 17.3 Å². The van der Waals surface area contributed by atoms with Crippen molar-refractivity contribution in [1.29, 1.82) is 5.26 Å². The number of aryl methyl sites for hydroxylation is 2. The molecule has 0 aliphatic carbocycles. The Labute approximate surface area is 162 Å². The summed E-state index contributed by atoms with van der Waals surface area (Å²) in [6.45, 7) is 3.87. The predicted octanol–water partition coefficient (Wildman–Crippen LogP) is 5.22. The van der Waals surface area contributed by atoms with Gasteiger partial charge < -0.3 is 4.74 Å². The third-order valence-electron chi connectivity index (χ3n) is 4.07. The molecule has 0 heterocycles. The van der Waals surface area contributed by atoms with Crippen LogP contribution < -0.4 is 4.74 Å². The van der Waals surface area contributed by atoms with Crippen molar-refractivity contribution in [1.82, 2.24) is 0 Å². The van der Waals surface area contributed by atoms with Crippen LogP contribution in [0.4, 0.5) is 0 Å². The van der Waals surface area contributed by atoms with E-state index in [9.17, 15) is 4.79 Å². The topological polar surface area (TPSA) is 50.1 Å². The summed E-state index contributed by atoms with van der Waals surface area (Å²) in [6.07, 6.45) is -0.251.